The van der Waals surface area contributed by atoms with E-state index in [0.29, 0.717) is 19.5 Å². The lowest BCUT2D eigenvalue weighted by Crippen LogP contribution is -2.24. The molecule has 0 spiro atoms. The van der Waals surface area contributed by atoms with Crippen molar-refractivity contribution in [1.29, 1.82) is 0 Å². The van der Waals surface area contributed by atoms with Gasteiger partial charge in [0, 0.05) is 32.0 Å². The van der Waals surface area contributed by atoms with Crippen LogP contribution in [0, 0.1) is 5.92 Å². The third kappa shape index (κ3) is 2.77. The molecule has 4 nitrogen and oxygen atoms in total. The van der Waals surface area contributed by atoms with Crippen LogP contribution in [0.15, 0.2) is 24.3 Å². The van der Waals surface area contributed by atoms with E-state index in [1.54, 1.807) is 12.0 Å². The van der Waals surface area contributed by atoms with Crippen molar-refractivity contribution < 1.29 is 14.6 Å². The normalized spacial score (nSPS) is 19.8. The Hall–Kier alpha value is -1.55. The van der Waals surface area contributed by atoms with Crippen molar-refractivity contribution in [3.8, 4) is 5.75 Å². The predicted molar refractivity (Wildman–Crippen MR) is 63.6 cm³/mol. The predicted octanol–water partition coefficient (Wildman–Crippen LogP) is 1.04. The molecule has 2 rings (SSSR count). The Morgan fingerprint density at radius 2 is 2.12 bits per heavy atom. The van der Waals surface area contributed by atoms with Crippen molar-refractivity contribution in [3.63, 3.8) is 0 Å². The van der Waals surface area contributed by atoms with Crippen LogP contribution < -0.4 is 4.74 Å². The summed E-state index contributed by atoms with van der Waals surface area (Å²) in [6.07, 6.45) is 0.465. The fourth-order valence-electron chi connectivity index (χ4n) is 2.08. The van der Waals surface area contributed by atoms with Crippen LogP contribution in [0.25, 0.3) is 0 Å². The van der Waals surface area contributed by atoms with Crippen LogP contribution >= 0.6 is 0 Å². The van der Waals surface area contributed by atoms with Crippen LogP contribution in [-0.4, -0.2) is 36.2 Å². The Morgan fingerprint density at radius 3 is 2.65 bits per heavy atom. The zero-order valence-corrected chi connectivity index (χ0v) is 9.93. The standard InChI is InChI=1S/C13H17NO3/c1-17-12-4-2-10(3-5-12)7-14-8-11(9-15)6-13(14)16/h2-5,11,15H,6-9H2,1H3/t11-/m0/s1. The smallest absolute Gasteiger partial charge is 0.223 e. The Kier molecular flexibility index (Phi) is 3.64. The number of ether oxygens (including phenoxy) is 1. The lowest BCUT2D eigenvalue weighted by Gasteiger charge is -2.16. The number of hydrogen-bond acceptors (Lipinski definition) is 3. The second-order valence-electron chi connectivity index (χ2n) is 4.38. The van der Waals surface area contributed by atoms with Gasteiger partial charge in [-0.2, -0.15) is 0 Å². The zero-order valence-electron chi connectivity index (χ0n) is 9.93. The second kappa shape index (κ2) is 5.19. The van der Waals surface area contributed by atoms with E-state index < -0.39 is 0 Å². The third-order valence-electron chi connectivity index (χ3n) is 3.09. The number of methoxy groups -OCH3 is 1. The molecule has 1 atom stereocenters. The minimum Gasteiger partial charge on any atom is -0.497 e. The molecule has 1 N–H and O–H groups in total. The highest BCUT2D eigenvalue weighted by molar-refractivity contribution is 5.78. The summed E-state index contributed by atoms with van der Waals surface area (Å²) in [5.74, 6) is 1.04. The highest BCUT2D eigenvalue weighted by Gasteiger charge is 2.28. The first-order valence-electron chi connectivity index (χ1n) is 5.74. The number of hydrogen-bond donors (Lipinski definition) is 1. The van der Waals surface area contributed by atoms with Gasteiger partial charge in [0.05, 0.1) is 7.11 Å². The summed E-state index contributed by atoms with van der Waals surface area (Å²) in [7, 11) is 1.63. The number of aliphatic hydroxyl groups is 1. The Morgan fingerprint density at radius 1 is 1.41 bits per heavy atom. The van der Waals surface area contributed by atoms with Gasteiger partial charge in [0.15, 0.2) is 0 Å². The van der Waals surface area contributed by atoms with E-state index in [4.69, 9.17) is 9.84 Å². The van der Waals surface area contributed by atoms with Crippen molar-refractivity contribution in [2.45, 2.75) is 13.0 Å². The maximum absolute atomic E-state index is 11.7. The second-order valence-corrected chi connectivity index (χ2v) is 4.38. The van der Waals surface area contributed by atoms with Crippen molar-refractivity contribution in [3.05, 3.63) is 29.8 Å². The maximum atomic E-state index is 11.7. The van der Waals surface area contributed by atoms with Crippen LogP contribution in [0.1, 0.15) is 12.0 Å². The van der Waals surface area contributed by atoms with Gasteiger partial charge in [0.2, 0.25) is 5.91 Å². The molecule has 92 valence electrons. The van der Waals surface area contributed by atoms with Gasteiger partial charge >= 0.3 is 0 Å². The van der Waals surface area contributed by atoms with Crippen molar-refractivity contribution in [2.24, 2.45) is 5.92 Å². The summed E-state index contributed by atoms with van der Waals surface area (Å²) in [6.45, 7) is 1.35. The molecule has 1 amide bonds. The van der Waals surface area contributed by atoms with E-state index in [2.05, 4.69) is 0 Å². The van der Waals surface area contributed by atoms with Gasteiger partial charge in [-0.1, -0.05) is 12.1 Å². The molecule has 1 saturated heterocycles. The molecule has 1 fully saturated rings. The summed E-state index contributed by atoms with van der Waals surface area (Å²) in [5, 5.41) is 9.04. The zero-order chi connectivity index (χ0) is 12.3. The fraction of sp³-hybridized carbons (Fsp3) is 0.462. The Bertz CT molecular complexity index is 388. The van der Waals surface area contributed by atoms with Crippen molar-refractivity contribution >= 4 is 5.91 Å². The monoisotopic (exact) mass is 235 g/mol. The molecule has 0 unspecified atom stereocenters. The van der Waals surface area contributed by atoms with Crippen LogP contribution in [0.4, 0.5) is 0 Å². The number of aliphatic hydroxyl groups excluding tert-OH is 1. The van der Waals surface area contributed by atoms with Gasteiger partial charge in [0.1, 0.15) is 5.75 Å². The highest BCUT2D eigenvalue weighted by Crippen LogP contribution is 2.20. The van der Waals surface area contributed by atoms with Crippen molar-refractivity contribution in [2.75, 3.05) is 20.3 Å². The molecule has 1 aliphatic rings. The van der Waals surface area contributed by atoms with E-state index in [-0.39, 0.29) is 18.4 Å². The summed E-state index contributed by atoms with van der Waals surface area (Å²) < 4.78 is 5.08. The molecule has 0 saturated carbocycles. The van der Waals surface area contributed by atoms with Crippen LogP contribution in [0.5, 0.6) is 5.75 Å². The third-order valence-corrected chi connectivity index (χ3v) is 3.09. The molecule has 1 heterocycles. The first-order valence-corrected chi connectivity index (χ1v) is 5.74. The number of carbonyl (C=O) groups is 1. The lowest BCUT2D eigenvalue weighted by molar-refractivity contribution is -0.128. The number of likely N-dealkylation sites (tertiary alicyclic amines) is 1. The first kappa shape index (κ1) is 11.9. The molecule has 1 aromatic rings. The van der Waals surface area contributed by atoms with Gasteiger partial charge in [-0.25, -0.2) is 0 Å². The molecule has 17 heavy (non-hydrogen) atoms. The summed E-state index contributed by atoms with van der Waals surface area (Å²) in [6, 6.07) is 7.69. The Balaban J connectivity index is 1.98. The number of benzene rings is 1. The average Bonchev–Trinajstić information content (AvgIpc) is 2.71. The van der Waals surface area contributed by atoms with Gasteiger partial charge in [0.25, 0.3) is 0 Å². The first-order chi connectivity index (χ1) is 8.22. The van der Waals surface area contributed by atoms with Crippen LogP contribution in [0.3, 0.4) is 0 Å². The molecule has 0 aromatic heterocycles. The van der Waals surface area contributed by atoms with Gasteiger partial charge in [-0.15, -0.1) is 0 Å². The molecule has 4 heteroatoms. The van der Waals surface area contributed by atoms with Crippen LogP contribution in [0.2, 0.25) is 0 Å². The molecule has 0 aliphatic carbocycles. The molecular weight excluding hydrogens is 218 g/mol. The summed E-state index contributed by atoms with van der Waals surface area (Å²) >= 11 is 0. The van der Waals surface area contributed by atoms with E-state index in [0.717, 1.165) is 11.3 Å². The summed E-state index contributed by atoms with van der Waals surface area (Å²) in [5.41, 5.74) is 1.08. The molecule has 1 aromatic carbocycles. The molecule has 0 radical (unpaired) electrons. The topological polar surface area (TPSA) is 49.8 Å². The number of rotatable bonds is 4. The molecule has 1 aliphatic heterocycles. The highest BCUT2D eigenvalue weighted by atomic mass is 16.5. The number of nitrogens with zero attached hydrogens (tertiary/aromatic N) is 1. The molecule has 0 bridgehead atoms. The average molecular weight is 235 g/mol. The maximum Gasteiger partial charge on any atom is 0.223 e. The van der Waals surface area contributed by atoms with E-state index in [1.165, 1.54) is 0 Å². The lowest BCUT2D eigenvalue weighted by atomic mass is 10.1. The molecular formula is C13H17NO3. The van der Waals surface area contributed by atoms with E-state index in [1.807, 2.05) is 24.3 Å². The number of carbonyl (C=O) groups excluding carboxylic acids is 1. The minimum absolute atomic E-state index is 0.0881. The van der Waals surface area contributed by atoms with Crippen LogP contribution in [-0.2, 0) is 11.3 Å². The van der Waals surface area contributed by atoms with Gasteiger partial charge in [-0.05, 0) is 17.7 Å². The van der Waals surface area contributed by atoms with Gasteiger partial charge in [-0.3, -0.25) is 4.79 Å². The van der Waals surface area contributed by atoms with Crippen molar-refractivity contribution in [1.82, 2.24) is 4.90 Å². The Labute approximate surface area is 101 Å². The van der Waals surface area contributed by atoms with Gasteiger partial charge < -0.3 is 14.7 Å². The SMILES string of the molecule is COc1ccc(CN2C[C@@H](CO)CC2=O)cc1. The quantitative estimate of drug-likeness (QED) is 0.848. The van der Waals surface area contributed by atoms with E-state index >= 15 is 0 Å². The largest absolute Gasteiger partial charge is 0.497 e. The van der Waals surface area contributed by atoms with E-state index in [9.17, 15) is 4.79 Å². The fourth-order valence-corrected chi connectivity index (χ4v) is 2.08. The minimum atomic E-state index is 0.0881. The number of amides is 1. The summed E-state index contributed by atoms with van der Waals surface area (Å²) in [4.78, 5) is 13.5.